The van der Waals surface area contributed by atoms with Crippen LogP contribution in [0.1, 0.15) is 30.8 Å². The van der Waals surface area contributed by atoms with E-state index < -0.39 is 0 Å². The van der Waals surface area contributed by atoms with Crippen LogP contribution < -0.4 is 0 Å². The standard InChI is InChI=1S/C21H19N5O3S/c1-13-15-12-16(30-21(15)26(24-13)14-6-3-2-4-7-14)20-23-22-17(29-20)8-5-11-25-18(27)9-10-19(25)28/h2-4,6-7,12H,5,8-11H2,1H3. The Hall–Kier alpha value is -3.33. The predicted octanol–water partition coefficient (Wildman–Crippen LogP) is 3.53. The van der Waals surface area contributed by atoms with E-state index >= 15 is 0 Å². The summed E-state index contributed by atoms with van der Waals surface area (Å²) in [5.41, 5.74) is 1.94. The zero-order chi connectivity index (χ0) is 20.7. The largest absolute Gasteiger partial charge is 0.420 e. The molecule has 8 nitrogen and oxygen atoms in total. The van der Waals surface area contributed by atoms with Crippen molar-refractivity contribution in [3.8, 4) is 16.5 Å². The summed E-state index contributed by atoms with van der Waals surface area (Å²) in [6.45, 7) is 2.38. The van der Waals surface area contributed by atoms with Crippen LogP contribution in [0.25, 0.3) is 26.7 Å². The zero-order valence-corrected chi connectivity index (χ0v) is 17.2. The molecule has 152 valence electrons. The number of imide groups is 1. The molecule has 30 heavy (non-hydrogen) atoms. The summed E-state index contributed by atoms with van der Waals surface area (Å²) in [5, 5.41) is 14.0. The van der Waals surface area contributed by atoms with Crippen molar-refractivity contribution in [2.24, 2.45) is 0 Å². The molecule has 1 aromatic carbocycles. The molecular weight excluding hydrogens is 402 g/mol. The number of amides is 2. The van der Waals surface area contributed by atoms with Crippen LogP contribution in [-0.4, -0.2) is 43.2 Å². The van der Waals surface area contributed by atoms with Crippen LogP contribution in [0, 0.1) is 6.92 Å². The normalized spacial score (nSPS) is 14.4. The highest BCUT2D eigenvalue weighted by Crippen LogP contribution is 2.35. The fourth-order valence-corrected chi connectivity index (χ4v) is 4.72. The number of likely N-dealkylation sites (tertiary alicyclic amines) is 1. The van der Waals surface area contributed by atoms with Crippen molar-refractivity contribution < 1.29 is 14.0 Å². The molecule has 0 unspecified atom stereocenters. The van der Waals surface area contributed by atoms with Crippen LogP contribution in [0.3, 0.4) is 0 Å². The van der Waals surface area contributed by atoms with Crippen LogP contribution in [-0.2, 0) is 16.0 Å². The van der Waals surface area contributed by atoms with Gasteiger partial charge in [0.2, 0.25) is 17.7 Å². The third-order valence-electron chi connectivity index (χ3n) is 5.15. The Morgan fingerprint density at radius 2 is 1.87 bits per heavy atom. The lowest BCUT2D eigenvalue weighted by atomic mass is 10.3. The number of rotatable bonds is 6. The highest BCUT2D eigenvalue weighted by Gasteiger charge is 2.28. The summed E-state index contributed by atoms with van der Waals surface area (Å²) in [6, 6.07) is 12.0. The van der Waals surface area contributed by atoms with E-state index in [1.165, 1.54) is 4.90 Å². The maximum atomic E-state index is 11.7. The SMILES string of the molecule is Cc1nn(-c2ccccc2)c2sc(-c3nnc(CCCN4C(=O)CCC4=O)o3)cc12. The lowest BCUT2D eigenvalue weighted by Gasteiger charge is -2.12. The molecule has 4 heterocycles. The Bertz CT molecular complexity index is 1220. The van der Waals surface area contributed by atoms with Gasteiger partial charge in [-0.2, -0.15) is 5.10 Å². The van der Waals surface area contributed by atoms with Gasteiger partial charge in [0.1, 0.15) is 4.83 Å². The second-order valence-electron chi connectivity index (χ2n) is 7.21. The minimum absolute atomic E-state index is 0.0978. The van der Waals surface area contributed by atoms with E-state index in [0.29, 0.717) is 44.0 Å². The fraction of sp³-hybridized carbons (Fsp3) is 0.286. The van der Waals surface area contributed by atoms with Gasteiger partial charge >= 0.3 is 0 Å². The topological polar surface area (TPSA) is 94.1 Å². The number of fused-ring (bicyclic) bond motifs is 1. The minimum atomic E-state index is -0.0978. The average Bonchev–Trinajstić information content (AvgIpc) is 3.51. The van der Waals surface area contributed by atoms with Gasteiger partial charge in [-0.15, -0.1) is 21.5 Å². The Morgan fingerprint density at radius 1 is 1.10 bits per heavy atom. The van der Waals surface area contributed by atoms with E-state index in [0.717, 1.165) is 26.5 Å². The molecule has 1 saturated heterocycles. The van der Waals surface area contributed by atoms with Gasteiger partial charge in [-0.05, 0) is 31.5 Å². The first-order valence-corrected chi connectivity index (χ1v) is 10.6. The Labute approximate surface area is 176 Å². The van der Waals surface area contributed by atoms with Crippen molar-refractivity contribution in [1.29, 1.82) is 0 Å². The number of para-hydroxylation sites is 1. The third kappa shape index (κ3) is 3.30. The summed E-state index contributed by atoms with van der Waals surface area (Å²) >= 11 is 1.56. The molecule has 5 rings (SSSR count). The van der Waals surface area contributed by atoms with Gasteiger partial charge in [-0.1, -0.05) is 18.2 Å². The Morgan fingerprint density at radius 3 is 2.63 bits per heavy atom. The van der Waals surface area contributed by atoms with E-state index in [9.17, 15) is 9.59 Å². The number of aryl methyl sites for hydroxylation is 2. The molecule has 0 radical (unpaired) electrons. The molecule has 4 aromatic rings. The number of aromatic nitrogens is 4. The molecule has 3 aromatic heterocycles. The summed E-state index contributed by atoms with van der Waals surface area (Å²) in [7, 11) is 0. The number of carbonyl (C=O) groups is 2. The Kier molecular flexibility index (Phi) is 4.66. The van der Waals surface area contributed by atoms with Gasteiger partial charge < -0.3 is 4.42 Å². The van der Waals surface area contributed by atoms with Crippen molar-refractivity contribution in [1.82, 2.24) is 24.9 Å². The fourth-order valence-electron chi connectivity index (χ4n) is 3.61. The van der Waals surface area contributed by atoms with E-state index in [1.54, 1.807) is 11.3 Å². The van der Waals surface area contributed by atoms with Gasteiger partial charge in [0.15, 0.2) is 0 Å². The first kappa shape index (κ1) is 18.7. The second-order valence-corrected chi connectivity index (χ2v) is 8.24. The van der Waals surface area contributed by atoms with Gasteiger partial charge in [-0.3, -0.25) is 14.5 Å². The smallest absolute Gasteiger partial charge is 0.257 e. The van der Waals surface area contributed by atoms with Gasteiger partial charge in [0.05, 0.1) is 16.3 Å². The molecule has 2 amide bonds. The van der Waals surface area contributed by atoms with Crippen LogP contribution in [0.15, 0.2) is 40.8 Å². The second kappa shape index (κ2) is 7.49. The highest BCUT2D eigenvalue weighted by molar-refractivity contribution is 7.21. The van der Waals surface area contributed by atoms with E-state index in [-0.39, 0.29) is 11.8 Å². The van der Waals surface area contributed by atoms with Gasteiger partial charge in [0.25, 0.3) is 5.89 Å². The molecule has 0 bridgehead atoms. The maximum absolute atomic E-state index is 11.7. The van der Waals surface area contributed by atoms with Crippen molar-refractivity contribution in [2.45, 2.75) is 32.6 Å². The molecule has 9 heteroatoms. The van der Waals surface area contributed by atoms with Crippen molar-refractivity contribution in [3.63, 3.8) is 0 Å². The third-order valence-corrected chi connectivity index (χ3v) is 6.25. The summed E-state index contributed by atoms with van der Waals surface area (Å²) in [6.07, 6.45) is 1.75. The molecule has 1 aliphatic rings. The molecule has 1 fully saturated rings. The molecule has 0 atom stereocenters. The zero-order valence-electron chi connectivity index (χ0n) is 16.4. The van der Waals surface area contributed by atoms with Crippen LogP contribution >= 0.6 is 11.3 Å². The number of hydrogen-bond acceptors (Lipinski definition) is 7. The quantitative estimate of drug-likeness (QED) is 0.442. The first-order chi connectivity index (χ1) is 14.6. The van der Waals surface area contributed by atoms with Crippen molar-refractivity contribution in [2.75, 3.05) is 6.54 Å². The lowest BCUT2D eigenvalue weighted by Crippen LogP contribution is -2.30. The molecule has 0 N–H and O–H groups in total. The Balaban J connectivity index is 1.33. The maximum Gasteiger partial charge on any atom is 0.257 e. The molecular formula is C21H19N5O3S. The van der Waals surface area contributed by atoms with Crippen molar-refractivity contribution >= 4 is 33.4 Å². The highest BCUT2D eigenvalue weighted by atomic mass is 32.1. The summed E-state index contributed by atoms with van der Waals surface area (Å²) in [4.78, 5) is 26.6. The minimum Gasteiger partial charge on any atom is -0.420 e. The predicted molar refractivity (Wildman–Crippen MR) is 111 cm³/mol. The number of carbonyl (C=O) groups excluding carboxylic acids is 2. The van der Waals surface area contributed by atoms with Crippen molar-refractivity contribution in [3.05, 3.63) is 48.0 Å². The number of hydrogen-bond donors (Lipinski definition) is 0. The van der Waals surface area contributed by atoms with E-state index in [2.05, 4.69) is 15.3 Å². The van der Waals surface area contributed by atoms with Crippen LogP contribution in [0.4, 0.5) is 0 Å². The molecule has 0 aliphatic carbocycles. The van der Waals surface area contributed by atoms with E-state index in [4.69, 9.17) is 4.42 Å². The lowest BCUT2D eigenvalue weighted by molar-refractivity contribution is -0.138. The molecule has 0 saturated carbocycles. The summed E-state index contributed by atoms with van der Waals surface area (Å²) < 4.78 is 7.77. The molecule has 0 spiro atoms. The van der Waals surface area contributed by atoms with Crippen LogP contribution in [0.5, 0.6) is 0 Å². The average molecular weight is 421 g/mol. The van der Waals surface area contributed by atoms with Crippen LogP contribution in [0.2, 0.25) is 0 Å². The van der Waals surface area contributed by atoms with E-state index in [1.807, 2.05) is 48.0 Å². The monoisotopic (exact) mass is 421 g/mol. The van der Waals surface area contributed by atoms with Gasteiger partial charge in [-0.25, -0.2) is 4.68 Å². The molecule has 1 aliphatic heterocycles. The summed E-state index contributed by atoms with van der Waals surface area (Å²) in [5.74, 6) is 0.778. The number of benzene rings is 1. The number of thiophene rings is 1. The number of nitrogens with zero attached hydrogens (tertiary/aromatic N) is 5. The first-order valence-electron chi connectivity index (χ1n) is 9.80. The van der Waals surface area contributed by atoms with Gasteiger partial charge in [0, 0.05) is 31.2 Å².